The first kappa shape index (κ1) is 13.0. The smallest absolute Gasteiger partial charge is 0.258 e. The quantitative estimate of drug-likeness (QED) is 0.657. The normalized spacial score (nSPS) is 10.1. The molecule has 0 aliphatic heterocycles. The highest BCUT2D eigenvalue weighted by Crippen LogP contribution is 2.17. The molecule has 4 nitrogen and oxygen atoms in total. The third-order valence-corrected chi connectivity index (χ3v) is 2.80. The van der Waals surface area contributed by atoms with Crippen LogP contribution in [0.15, 0.2) is 48.5 Å². The van der Waals surface area contributed by atoms with E-state index in [2.05, 4.69) is 5.43 Å². The predicted octanol–water partition coefficient (Wildman–Crippen LogP) is 2.39. The lowest BCUT2D eigenvalue weighted by Crippen LogP contribution is -2.26. The lowest BCUT2D eigenvalue weighted by Gasteiger charge is -2.17. The maximum Gasteiger partial charge on any atom is 0.258 e. The van der Waals surface area contributed by atoms with Crippen molar-refractivity contribution in [1.29, 1.82) is 0 Å². The number of hydrogen-bond acceptors (Lipinski definition) is 3. The average Bonchev–Trinajstić information content (AvgIpc) is 2.46. The summed E-state index contributed by atoms with van der Waals surface area (Å²) < 4.78 is 13.1. The van der Waals surface area contributed by atoms with Crippen LogP contribution < -0.4 is 16.2 Å². The Balaban J connectivity index is 2.23. The molecule has 98 valence electrons. The SMILES string of the molecule is CN(C(=O)c1ccc(NN)cc1)c1cccc(F)c1. The number of nitrogen functional groups attached to an aromatic ring is 1. The van der Waals surface area contributed by atoms with Crippen LogP contribution in [0.25, 0.3) is 0 Å². The standard InChI is InChI=1S/C14H14FN3O/c1-18(13-4-2-3-11(15)9-13)14(19)10-5-7-12(17-16)8-6-10/h2-9,17H,16H2,1H3. The van der Waals surface area contributed by atoms with Crippen molar-refractivity contribution < 1.29 is 9.18 Å². The van der Waals surface area contributed by atoms with Crippen LogP contribution in [0, 0.1) is 5.82 Å². The lowest BCUT2D eigenvalue weighted by molar-refractivity contribution is 0.0993. The highest BCUT2D eigenvalue weighted by atomic mass is 19.1. The zero-order chi connectivity index (χ0) is 13.8. The minimum atomic E-state index is -0.375. The monoisotopic (exact) mass is 259 g/mol. The second kappa shape index (κ2) is 5.49. The van der Waals surface area contributed by atoms with Gasteiger partial charge in [-0.1, -0.05) is 6.07 Å². The van der Waals surface area contributed by atoms with Gasteiger partial charge in [0.15, 0.2) is 0 Å². The fourth-order valence-corrected chi connectivity index (χ4v) is 1.70. The first-order chi connectivity index (χ1) is 9.11. The molecule has 0 radical (unpaired) electrons. The van der Waals surface area contributed by atoms with E-state index in [0.717, 1.165) is 0 Å². The minimum absolute atomic E-state index is 0.214. The van der Waals surface area contributed by atoms with Gasteiger partial charge in [0.1, 0.15) is 5.82 Å². The van der Waals surface area contributed by atoms with Crippen molar-refractivity contribution in [3.05, 3.63) is 59.9 Å². The maximum absolute atomic E-state index is 13.1. The van der Waals surface area contributed by atoms with Gasteiger partial charge in [-0.2, -0.15) is 0 Å². The van der Waals surface area contributed by atoms with Gasteiger partial charge in [0, 0.05) is 24.0 Å². The van der Waals surface area contributed by atoms with Gasteiger partial charge < -0.3 is 10.3 Å². The van der Waals surface area contributed by atoms with E-state index in [1.807, 2.05) is 0 Å². The van der Waals surface area contributed by atoms with E-state index < -0.39 is 0 Å². The lowest BCUT2D eigenvalue weighted by atomic mass is 10.1. The number of nitrogens with one attached hydrogen (secondary N) is 1. The number of anilines is 2. The molecular weight excluding hydrogens is 245 g/mol. The third-order valence-electron chi connectivity index (χ3n) is 2.80. The molecule has 0 aliphatic carbocycles. The molecule has 0 aliphatic rings. The molecule has 3 N–H and O–H groups in total. The van der Waals surface area contributed by atoms with Crippen LogP contribution in [0.1, 0.15) is 10.4 Å². The van der Waals surface area contributed by atoms with Crippen LogP contribution in [-0.2, 0) is 0 Å². The van der Waals surface area contributed by atoms with Crippen molar-refractivity contribution in [1.82, 2.24) is 0 Å². The summed E-state index contributed by atoms with van der Waals surface area (Å²) in [4.78, 5) is 13.6. The summed E-state index contributed by atoms with van der Waals surface area (Å²) in [6, 6.07) is 12.6. The van der Waals surface area contributed by atoms with Crippen molar-refractivity contribution in [2.24, 2.45) is 5.84 Å². The summed E-state index contributed by atoms with van der Waals surface area (Å²) in [5.41, 5.74) is 4.21. The summed E-state index contributed by atoms with van der Waals surface area (Å²) in [5, 5.41) is 0. The van der Waals surface area contributed by atoms with E-state index in [1.54, 1.807) is 43.4 Å². The number of amides is 1. The third kappa shape index (κ3) is 2.89. The molecule has 2 aromatic rings. The molecule has 0 saturated carbocycles. The summed E-state index contributed by atoms with van der Waals surface area (Å²) >= 11 is 0. The Labute approximate surface area is 110 Å². The van der Waals surface area contributed by atoms with Gasteiger partial charge in [-0.25, -0.2) is 4.39 Å². The van der Waals surface area contributed by atoms with E-state index in [9.17, 15) is 9.18 Å². The average molecular weight is 259 g/mol. The van der Waals surface area contributed by atoms with Crippen LogP contribution in [0.4, 0.5) is 15.8 Å². The summed E-state index contributed by atoms with van der Waals surface area (Å²) in [6.07, 6.45) is 0. The summed E-state index contributed by atoms with van der Waals surface area (Å²) in [6.45, 7) is 0. The van der Waals surface area contributed by atoms with Crippen molar-refractivity contribution in [2.45, 2.75) is 0 Å². The molecule has 19 heavy (non-hydrogen) atoms. The molecule has 0 unspecified atom stereocenters. The summed E-state index contributed by atoms with van der Waals surface area (Å²) in [5.74, 6) is 4.67. The molecule has 0 aromatic heterocycles. The number of nitrogens with zero attached hydrogens (tertiary/aromatic N) is 1. The number of carbonyl (C=O) groups excluding carboxylic acids is 1. The Hall–Kier alpha value is -2.40. The molecule has 1 amide bonds. The molecular formula is C14H14FN3O. The topological polar surface area (TPSA) is 58.4 Å². The molecule has 0 atom stereocenters. The fraction of sp³-hybridized carbons (Fsp3) is 0.0714. The maximum atomic E-state index is 13.1. The highest BCUT2D eigenvalue weighted by molar-refractivity contribution is 6.05. The van der Waals surface area contributed by atoms with Crippen molar-refractivity contribution in [3.8, 4) is 0 Å². The molecule has 0 heterocycles. The zero-order valence-electron chi connectivity index (χ0n) is 10.4. The van der Waals surface area contributed by atoms with Gasteiger partial charge in [-0.3, -0.25) is 10.6 Å². The Kier molecular flexibility index (Phi) is 3.77. The number of carbonyl (C=O) groups is 1. The van der Waals surface area contributed by atoms with Gasteiger partial charge in [0.2, 0.25) is 0 Å². The van der Waals surface area contributed by atoms with Crippen LogP contribution >= 0.6 is 0 Å². The molecule has 2 aromatic carbocycles. The molecule has 5 heteroatoms. The van der Waals surface area contributed by atoms with Gasteiger partial charge in [0.05, 0.1) is 0 Å². The highest BCUT2D eigenvalue weighted by Gasteiger charge is 2.13. The fourth-order valence-electron chi connectivity index (χ4n) is 1.70. The van der Waals surface area contributed by atoms with Crippen LogP contribution in [0.3, 0.4) is 0 Å². The minimum Gasteiger partial charge on any atom is -0.324 e. The van der Waals surface area contributed by atoms with Gasteiger partial charge in [-0.15, -0.1) is 0 Å². The van der Waals surface area contributed by atoms with Crippen LogP contribution in [0.5, 0.6) is 0 Å². The van der Waals surface area contributed by atoms with Crippen LogP contribution in [-0.4, -0.2) is 13.0 Å². The van der Waals surface area contributed by atoms with Gasteiger partial charge in [-0.05, 0) is 42.5 Å². The predicted molar refractivity (Wildman–Crippen MR) is 73.4 cm³/mol. The van der Waals surface area contributed by atoms with E-state index >= 15 is 0 Å². The number of benzene rings is 2. The number of halogens is 1. The van der Waals surface area contributed by atoms with Gasteiger partial charge in [0.25, 0.3) is 5.91 Å². The van der Waals surface area contributed by atoms with E-state index in [0.29, 0.717) is 16.9 Å². The van der Waals surface area contributed by atoms with E-state index in [4.69, 9.17) is 5.84 Å². The van der Waals surface area contributed by atoms with Gasteiger partial charge >= 0.3 is 0 Å². The molecule has 0 spiro atoms. The number of nitrogens with two attached hydrogens (primary N) is 1. The number of hydrogen-bond donors (Lipinski definition) is 2. The summed E-state index contributed by atoms with van der Waals surface area (Å²) in [7, 11) is 1.60. The first-order valence-electron chi connectivity index (χ1n) is 5.72. The Morgan fingerprint density at radius 3 is 2.47 bits per heavy atom. The molecule has 2 rings (SSSR count). The van der Waals surface area contributed by atoms with E-state index in [-0.39, 0.29) is 11.7 Å². The number of rotatable bonds is 3. The van der Waals surface area contributed by atoms with Crippen molar-refractivity contribution in [3.63, 3.8) is 0 Å². The number of hydrazine groups is 1. The zero-order valence-corrected chi connectivity index (χ0v) is 10.4. The first-order valence-corrected chi connectivity index (χ1v) is 5.72. The second-order valence-corrected chi connectivity index (χ2v) is 4.07. The molecule has 0 saturated heterocycles. The van der Waals surface area contributed by atoms with Crippen LogP contribution in [0.2, 0.25) is 0 Å². The van der Waals surface area contributed by atoms with Crippen molar-refractivity contribution >= 4 is 17.3 Å². The Morgan fingerprint density at radius 1 is 1.21 bits per heavy atom. The molecule has 0 bridgehead atoms. The Bertz CT molecular complexity index is 583. The van der Waals surface area contributed by atoms with Crippen molar-refractivity contribution in [2.75, 3.05) is 17.4 Å². The largest absolute Gasteiger partial charge is 0.324 e. The second-order valence-electron chi connectivity index (χ2n) is 4.07. The molecule has 0 fully saturated rings. The Morgan fingerprint density at radius 2 is 1.89 bits per heavy atom. The van der Waals surface area contributed by atoms with E-state index in [1.165, 1.54) is 17.0 Å².